The van der Waals surface area contributed by atoms with Crippen LogP contribution in [0, 0.1) is 5.82 Å². The molecule has 5 rings (SSSR count). The van der Waals surface area contributed by atoms with Crippen LogP contribution in [0.1, 0.15) is 12.8 Å². The highest BCUT2D eigenvalue weighted by Crippen LogP contribution is 2.37. The van der Waals surface area contributed by atoms with E-state index in [0.29, 0.717) is 49.4 Å². The van der Waals surface area contributed by atoms with Crippen LogP contribution in [0.5, 0.6) is 0 Å². The zero-order chi connectivity index (χ0) is 27.0. The van der Waals surface area contributed by atoms with Crippen molar-refractivity contribution < 1.29 is 22.4 Å². The van der Waals surface area contributed by atoms with Crippen LogP contribution < -0.4 is 20.9 Å². The van der Waals surface area contributed by atoms with Gasteiger partial charge in [-0.15, -0.1) is 0 Å². The molecule has 0 spiro atoms. The van der Waals surface area contributed by atoms with E-state index in [1.54, 1.807) is 0 Å². The molecule has 1 aromatic heterocycles. The zero-order valence-electron chi connectivity index (χ0n) is 20.7. The molecule has 3 N–H and O–H groups in total. The lowest BCUT2D eigenvalue weighted by Gasteiger charge is -2.35. The number of nitrogens with zero attached hydrogens (tertiary/aromatic N) is 4. The van der Waals surface area contributed by atoms with Gasteiger partial charge in [-0.05, 0) is 38.1 Å². The topological polar surface area (TPSA) is 85.4 Å². The molecule has 8 nitrogen and oxygen atoms in total. The highest BCUT2D eigenvalue weighted by atomic mass is 19.4. The number of hydrogen-bond donors (Lipinski definition) is 3. The first-order valence-electron chi connectivity index (χ1n) is 12.2. The number of aromatic nitrogens is 2. The molecule has 200 valence electrons. The molecule has 0 radical (unpaired) electrons. The molecule has 2 aliphatic heterocycles. The number of dihydropyridines is 1. The molecule has 1 aliphatic carbocycles. The minimum Gasteiger partial charge on any atom is -0.367 e. The van der Waals surface area contributed by atoms with Crippen LogP contribution in [0.3, 0.4) is 0 Å². The second-order valence-electron chi connectivity index (χ2n) is 9.59. The molecule has 1 amide bonds. The second-order valence-corrected chi connectivity index (χ2v) is 9.59. The monoisotopic (exact) mass is 529 g/mol. The lowest BCUT2D eigenvalue weighted by atomic mass is 10.0. The largest absolute Gasteiger partial charge is 0.417 e. The molecule has 2 fully saturated rings. The summed E-state index contributed by atoms with van der Waals surface area (Å²) in [7, 11) is 1.97. The Balaban J connectivity index is 1.49. The molecular weight excluding hydrogens is 502 g/mol. The van der Waals surface area contributed by atoms with Crippen LogP contribution in [-0.2, 0) is 4.79 Å². The minimum atomic E-state index is -4.77. The number of nitrogens with one attached hydrogen (secondary N) is 3. The molecule has 1 aromatic carbocycles. The van der Waals surface area contributed by atoms with E-state index in [-0.39, 0.29) is 16.9 Å². The molecule has 1 saturated carbocycles. The quantitative estimate of drug-likeness (QED) is 0.487. The summed E-state index contributed by atoms with van der Waals surface area (Å²) in [6.45, 7) is 6.01. The highest BCUT2D eigenvalue weighted by Gasteiger charge is 2.40. The van der Waals surface area contributed by atoms with Gasteiger partial charge in [0.15, 0.2) is 0 Å². The van der Waals surface area contributed by atoms with E-state index in [2.05, 4.69) is 37.4 Å². The number of carbonyl (C=O) groups is 1. The van der Waals surface area contributed by atoms with Crippen LogP contribution in [0.4, 0.5) is 34.9 Å². The average Bonchev–Trinajstić information content (AvgIpc) is 3.69. The Labute approximate surface area is 217 Å². The smallest absolute Gasteiger partial charge is 0.367 e. The third-order valence-corrected chi connectivity index (χ3v) is 6.61. The van der Waals surface area contributed by atoms with Crippen molar-refractivity contribution in [1.29, 1.82) is 0 Å². The van der Waals surface area contributed by atoms with Gasteiger partial charge >= 0.3 is 6.18 Å². The molecule has 3 heterocycles. The van der Waals surface area contributed by atoms with Gasteiger partial charge in [0.05, 0.1) is 22.5 Å². The number of halogens is 4. The van der Waals surface area contributed by atoms with Crippen molar-refractivity contribution in [1.82, 2.24) is 20.2 Å². The van der Waals surface area contributed by atoms with Gasteiger partial charge in [-0.2, -0.15) is 13.2 Å². The lowest BCUT2D eigenvalue weighted by molar-refractivity contribution is -0.115. The summed E-state index contributed by atoms with van der Waals surface area (Å²) < 4.78 is 56.5. The summed E-state index contributed by atoms with van der Waals surface area (Å²) in [5, 5.41) is 8.32. The Hall–Kier alpha value is -3.93. The van der Waals surface area contributed by atoms with E-state index in [1.807, 2.05) is 11.9 Å². The van der Waals surface area contributed by atoms with Crippen molar-refractivity contribution in [2.24, 2.45) is 0 Å². The summed E-state index contributed by atoms with van der Waals surface area (Å²) in [4.78, 5) is 25.7. The number of anilines is 3. The van der Waals surface area contributed by atoms with Gasteiger partial charge in [-0.1, -0.05) is 6.58 Å². The maximum Gasteiger partial charge on any atom is 0.417 e. The number of allylic oxidation sites excluding steroid dienone is 1. The van der Waals surface area contributed by atoms with Crippen molar-refractivity contribution in [2.75, 3.05) is 48.8 Å². The van der Waals surface area contributed by atoms with E-state index < -0.39 is 29.0 Å². The van der Waals surface area contributed by atoms with Gasteiger partial charge < -0.3 is 25.8 Å². The first kappa shape index (κ1) is 25.7. The molecule has 0 atom stereocenters. The summed E-state index contributed by atoms with van der Waals surface area (Å²) in [6, 6.07) is 3.06. The molecule has 2 aromatic rings. The van der Waals surface area contributed by atoms with E-state index >= 15 is 4.39 Å². The van der Waals surface area contributed by atoms with Crippen LogP contribution in [-0.4, -0.2) is 66.2 Å². The van der Waals surface area contributed by atoms with Gasteiger partial charge in [0, 0.05) is 67.6 Å². The maximum absolute atomic E-state index is 15.4. The molecule has 0 unspecified atom stereocenters. The highest BCUT2D eigenvalue weighted by molar-refractivity contribution is 6.09. The predicted octanol–water partition coefficient (Wildman–Crippen LogP) is 4.04. The molecule has 3 aliphatic rings. The first-order valence-corrected chi connectivity index (χ1v) is 12.2. The standard InChI is InChI=1S/C26H27F4N7O/c1-15-9-20(26(28,29)30)19(14-31-15)24(38)35-22-10-18(16-12-32-25(33-13-16)34-17-3-4-17)21(27)11-23(22)37-7-5-36(2)6-8-37/h9-14,17,31H,1,3-8H2,2H3,(H,35,38)(H,32,33,34). The van der Waals surface area contributed by atoms with Gasteiger partial charge in [0.25, 0.3) is 5.91 Å². The average molecular weight is 530 g/mol. The zero-order valence-corrected chi connectivity index (χ0v) is 20.7. The Bertz CT molecular complexity index is 1310. The Kier molecular flexibility index (Phi) is 6.82. The SMILES string of the molecule is C=C1C=C(C(F)(F)F)C(C(=O)Nc2cc(-c3cnc(NC4CC4)nc3)c(F)cc2N2CCN(C)CC2)=CN1. The fraction of sp³-hybridized carbons (Fsp3) is 0.346. The van der Waals surface area contributed by atoms with Crippen molar-refractivity contribution in [3.63, 3.8) is 0 Å². The minimum absolute atomic E-state index is 0.00990. The second kappa shape index (κ2) is 10.1. The number of hydrogen-bond acceptors (Lipinski definition) is 7. The fourth-order valence-corrected chi connectivity index (χ4v) is 4.29. The van der Waals surface area contributed by atoms with E-state index in [0.717, 1.165) is 25.1 Å². The van der Waals surface area contributed by atoms with Crippen LogP contribution in [0.25, 0.3) is 11.1 Å². The summed E-state index contributed by atoms with van der Waals surface area (Å²) in [5.74, 6) is -1.11. The number of alkyl halides is 3. The van der Waals surface area contributed by atoms with Crippen molar-refractivity contribution in [2.45, 2.75) is 25.1 Å². The summed E-state index contributed by atoms with van der Waals surface area (Å²) in [6.07, 6.45) is 2.02. The molecular formula is C26H27F4N7O. The molecule has 1 saturated heterocycles. The normalized spacial score (nSPS) is 18.4. The van der Waals surface area contributed by atoms with E-state index in [1.165, 1.54) is 24.5 Å². The van der Waals surface area contributed by atoms with E-state index in [4.69, 9.17) is 0 Å². The number of amides is 1. The van der Waals surface area contributed by atoms with E-state index in [9.17, 15) is 18.0 Å². The number of carbonyl (C=O) groups excluding carboxylic acids is 1. The third-order valence-electron chi connectivity index (χ3n) is 6.61. The molecule has 38 heavy (non-hydrogen) atoms. The molecule has 0 bridgehead atoms. The first-order chi connectivity index (χ1) is 18.1. The van der Waals surface area contributed by atoms with Gasteiger partial charge in [0.2, 0.25) is 5.95 Å². The van der Waals surface area contributed by atoms with Crippen molar-refractivity contribution in [3.05, 3.63) is 66.0 Å². The third kappa shape index (κ3) is 5.64. The number of piperazine rings is 1. The van der Waals surface area contributed by atoms with Gasteiger partial charge in [0.1, 0.15) is 5.82 Å². The number of likely N-dealkylation sites (N-methyl/N-ethyl adjacent to an activating group) is 1. The van der Waals surface area contributed by atoms with Crippen molar-refractivity contribution in [3.8, 4) is 11.1 Å². The Morgan fingerprint density at radius 2 is 1.82 bits per heavy atom. The Morgan fingerprint density at radius 1 is 1.13 bits per heavy atom. The van der Waals surface area contributed by atoms with Crippen molar-refractivity contribution >= 4 is 23.2 Å². The summed E-state index contributed by atoms with van der Waals surface area (Å²) >= 11 is 0. The number of benzene rings is 1. The number of rotatable bonds is 6. The maximum atomic E-state index is 15.4. The van der Waals surface area contributed by atoms with Crippen LogP contribution >= 0.6 is 0 Å². The van der Waals surface area contributed by atoms with Gasteiger partial charge in [-0.3, -0.25) is 4.79 Å². The van der Waals surface area contributed by atoms with Crippen LogP contribution in [0.15, 0.2) is 60.2 Å². The van der Waals surface area contributed by atoms with Crippen LogP contribution in [0.2, 0.25) is 0 Å². The molecule has 12 heteroatoms. The Morgan fingerprint density at radius 3 is 2.45 bits per heavy atom. The fourth-order valence-electron chi connectivity index (χ4n) is 4.29. The lowest BCUT2D eigenvalue weighted by Crippen LogP contribution is -2.44. The predicted molar refractivity (Wildman–Crippen MR) is 137 cm³/mol. The van der Waals surface area contributed by atoms with Gasteiger partial charge in [-0.25, -0.2) is 14.4 Å². The summed E-state index contributed by atoms with van der Waals surface area (Å²) in [5.41, 5.74) is -0.652.